The van der Waals surface area contributed by atoms with E-state index >= 15 is 0 Å². The Hall–Kier alpha value is -0.680. The van der Waals surface area contributed by atoms with E-state index in [4.69, 9.17) is 0 Å². The summed E-state index contributed by atoms with van der Waals surface area (Å²) in [6, 6.07) is 0. The SMILES string of the molecule is CCNCCN(CC)c1nc(C(C)C)ns1. The molecule has 1 heterocycles. The minimum absolute atomic E-state index is 0.414. The van der Waals surface area contributed by atoms with Gasteiger partial charge in [0.25, 0.3) is 0 Å². The molecule has 1 rings (SSSR count). The summed E-state index contributed by atoms with van der Waals surface area (Å²) in [6.45, 7) is 12.5. The molecular formula is C11H22N4S. The maximum absolute atomic E-state index is 4.57. The summed E-state index contributed by atoms with van der Waals surface area (Å²) in [7, 11) is 0. The van der Waals surface area contributed by atoms with Gasteiger partial charge in [-0.2, -0.15) is 4.37 Å². The summed E-state index contributed by atoms with van der Waals surface area (Å²) in [5.41, 5.74) is 0. The molecular weight excluding hydrogens is 220 g/mol. The van der Waals surface area contributed by atoms with Gasteiger partial charge in [0, 0.05) is 37.1 Å². The van der Waals surface area contributed by atoms with Gasteiger partial charge < -0.3 is 10.2 Å². The van der Waals surface area contributed by atoms with E-state index in [0.717, 1.165) is 37.1 Å². The number of hydrogen-bond donors (Lipinski definition) is 1. The molecule has 0 saturated heterocycles. The number of hydrogen-bond acceptors (Lipinski definition) is 5. The minimum atomic E-state index is 0.414. The third-order valence-electron chi connectivity index (χ3n) is 2.41. The van der Waals surface area contributed by atoms with Crippen molar-refractivity contribution in [2.75, 3.05) is 31.1 Å². The lowest BCUT2D eigenvalue weighted by Gasteiger charge is -2.19. The summed E-state index contributed by atoms with van der Waals surface area (Å²) in [5, 5.41) is 4.37. The first-order valence-corrected chi connectivity index (χ1v) is 6.75. The predicted molar refractivity (Wildman–Crippen MR) is 70.4 cm³/mol. The smallest absolute Gasteiger partial charge is 0.205 e. The predicted octanol–water partition coefficient (Wildman–Crippen LogP) is 2.10. The quantitative estimate of drug-likeness (QED) is 0.743. The molecule has 0 fully saturated rings. The van der Waals surface area contributed by atoms with Crippen molar-refractivity contribution in [2.45, 2.75) is 33.6 Å². The third kappa shape index (κ3) is 3.72. The summed E-state index contributed by atoms with van der Waals surface area (Å²) in [6.07, 6.45) is 0. The highest BCUT2D eigenvalue weighted by atomic mass is 32.1. The molecule has 1 aromatic heterocycles. The number of aromatic nitrogens is 2. The molecule has 0 aliphatic rings. The van der Waals surface area contributed by atoms with E-state index in [-0.39, 0.29) is 0 Å². The molecule has 0 amide bonds. The molecule has 1 N–H and O–H groups in total. The Morgan fingerprint density at radius 1 is 1.38 bits per heavy atom. The Balaban J connectivity index is 2.56. The van der Waals surface area contributed by atoms with Crippen molar-refractivity contribution in [3.05, 3.63) is 5.82 Å². The number of anilines is 1. The van der Waals surface area contributed by atoms with Crippen LogP contribution in [0.5, 0.6) is 0 Å². The number of nitrogens with one attached hydrogen (secondary N) is 1. The van der Waals surface area contributed by atoms with Gasteiger partial charge in [0.05, 0.1) is 0 Å². The van der Waals surface area contributed by atoms with Crippen molar-refractivity contribution in [2.24, 2.45) is 0 Å². The highest BCUT2D eigenvalue weighted by Crippen LogP contribution is 2.20. The summed E-state index contributed by atoms with van der Waals surface area (Å²) in [5.74, 6) is 1.37. The minimum Gasteiger partial charge on any atom is -0.346 e. The van der Waals surface area contributed by atoms with E-state index in [1.165, 1.54) is 11.5 Å². The van der Waals surface area contributed by atoms with Crippen LogP contribution in [-0.2, 0) is 0 Å². The van der Waals surface area contributed by atoms with Crippen LogP contribution in [0.1, 0.15) is 39.4 Å². The number of likely N-dealkylation sites (N-methyl/N-ethyl adjacent to an activating group) is 2. The lowest BCUT2D eigenvalue weighted by atomic mass is 10.2. The van der Waals surface area contributed by atoms with E-state index in [1.54, 1.807) is 0 Å². The van der Waals surface area contributed by atoms with Gasteiger partial charge in [-0.25, -0.2) is 4.98 Å². The van der Waals surface area contributed by atoms with E-state index in [9.17, 15) is 0 Å². The molecule has 0 bridgehead atoms. The normalized spacial score (nSPS) is 11.1. The van der Waals surface area contributed by atoms with Gasteiger partial charge in [-0.15, -0.1) is 0 Å². The van der Waals surface area contributed by atoms with Gasteiger partial charge in [-0.1, -0.05) is 20.8 Å². The van der Waals surface area contributed by atoms with Gasteiger partial charge in [-0.3, -0.25) is 0 Å². The summed E-state index contributed by atoms with van der Waals surface area (Å²) >= 11 is 1.51. The molecule has 0 atom stereocenters. The molecule has 0 aliphatic heterocycles. The molecule has 1 aromatic rings. The molecule has 0 aliphatic carbocycles. The zero-order valence-corrected chi connectivity index (χ0v) is 11.5. The zero-order valence-electron chi connectivity index (χ0n) is 10.7. The maximum Gasteiger partial charge on any atom is 0.205 e. The molecule has 0 radical (unpaired) electrons. The Labute approximate surface area is 102 Å². The Bertz CT molecular complexity index is 298. The fourth-order valence-corrected chi connectivity index (χ4v) is 2.27. The molecule has 92 valence electrons. The largest absolute Gasteiger partial charge is 0.346 e. The van der Waals surface area contributed by atoms with E-state index in [2.05, 4.69) is 47.3 Å². The molecule has 0 saturated carbocycles. The van der Waals surface area contributed by atoms with Crippen LogP contribution in [-0.4, -0.2) is 35.5 Å². The second-order valence-corrected chi connectivity index (χ2v) is 4.75. The van der Waals surface area contributed by atoms with E-state index in [1.807, 2.05) is 0 Å². The summed E-state index contributed by atoms with van der Waals surface area (Å²) < 4.78 is 4.38. The van der Waals surface area contributed by atoms with Crippen LogP contribution in [0.3, 0.4) is 0 Å². The lowest BCUT2D eigenvalue weighted by molar-refractivity contribution is 0.685. The molecule has 16 heavy (non-hydrogen) atoms. The van der Waals surface area contributed by atoms with Gasteiger partial charge in [0.2, 0.25) is 5.13 Å². The maximum atomic E-state index is 4.57. The highest BCUT2D eigenvalue weighted by Gasteiger charge is 2.12. The van der Waals surface area contributed by atoms with Gasteiger partial charge in [0.1, 0.15) is 5.82 Å². The molecule has 4 nitrogen and oxygen atoms in total. The Kier molecular flexibility index (Phi) is 5.69. The first-order valence-electron chi connectivity index (χ1n) is 5.98. The first kappa shape index (κ1) is 13.4. The van der Waals surface area contributed by atoms with Crippen molar-refractivity contribution in [1.82, 2.24) is 14.7 Å². The van der Waals surface area contributed by atoms with Crippen molar-refractivity contribution < 1.29 is 0 Å². The van der Waals surface area contributed by atoms with Crippen LogP contribution in [0.25, 0.3) is 0 Å². The van der Waals surface area contributed by atoms with Crippen LogP contribution in [0, 0.1) is 0 Å². The van der Waals surface area contributed by atoms with Crippen molar-refractivity contribution >= 4 is 16.7 Å². The van der Waals surface area contributed by atoms with Gasteiger partial charge in [0.15, 0.2) is 0 Å². The van der Waals surface area contributed by atoms with Crippen LogP contribution in [0.2, 0.25) is 0 Å². The first-order chi connectivity index (χ1) is 7.69. The van der Waals surface area contributed by atoms with Gasteiger partial charge in [-0.05, 0) is 13.5 Å². The molecule has 0 spiro atoms. The van der Waals surface area contributed by atoms with Crippen molar-refractivity contribution in [3.63, 3.8) is 0 Å². The van der Waals surface area contributed by atoms with E-state index in [0.29, 0.717) is 5.92 Å². The fraction of sp³-hybridized carbons (Fsp3) is 0.818. The topological polar surface area (TPSA) is 41.0 Å². The monoisotopic (exact) mass is 242 g/mol. The average Bonchev–Trinajstić information content (AvgIpc) is 2.74. The molecule has 0 unspecified atom stereocenters. The van der Waals surface area contributed by atoms with Crippen LogP contribution >= 0.6 is 11.5 Å². The fourth-order valence-electron chi connectivity index (χ4n) is 1.37. The molecule has 0 aromatic carbocycles. The average molecular weight is 242 g/mol. The Morgan fingerprint density at radius 2 is 2.12 bits per heavy atom. The standard InChI is InChI=1S/C11H22N4S/c1-5-12-7-8-15(6-2)11-13-10(9(3)4)14-16-11/h9,12H,5-8H2,1-4H3. The third-order valence-corrected chi connectivity index (χ3v) is 3.20. The van der Waals surface area contributed by atoms with Gasteiger partial charge >= 0.3 is 0 Å². The number of nitrogens with zero attached hydrogens (tertiary/aromatic N) is 3. The lowest BCUT2D eigenvalue weighted by Crippen LogP contribution is -2.31. The Morgan fingerprint density at radius 3 is 2.62 bits per heavy atom. The van der Waals surface area contributed by atoms with Crippen LogP contribution < -0.4 is 10.2 Å². The molecule has 5 heteroatoms. The van der Waals surface area contributed by atoms with Crippen LogP contribution in [0.4, 0.5) is 5.13 Å². The summed E-state index contributed by atoms with van der Waals surface area (Å²) in [4.78, 5) is 6.84. The van der Waals surface area contributed by atoms with E-state index < -0.39 is 0 Å². The zero-order chi connectivity index (χ0) is 12.0. The number of rotatable bonds is 7. The van der Waals surface area contributed by atoms with Crippen LogP contribution in [0.15, 0.2) is 0 Å². The highest BCUT2D eigenvalue weighted by molar-refractivity contribution is 7.09. The van der Waals surface area contributed by atoms with Crippen molar-refractivity contribution in [3.8, 4) is 0 Å². The second-order valence-electron chi connectivity index (χ2n) is 4.02. The van der Waals surface area contributed by atoms with Crippen molar-refractivity contribution in [1.29, 1.82) is 0 Å². The second kappa shape index (κ2) is 6.81.